The van der Waals surface area contributed by atoms with Crippen LogP contribution in [0.15, 0.2) is 47.1 Å². The number of halogens is 1. The van der Waals surface area contributed by atoms with E-state index in [1.807, 2.05) is 4.90 Å². The maximum Gasteiger partial charge on any atom is 0.289 e. The summed E-state index contributed by atoms with van der Waals surface area (Å²) in [6.07, 6.45) is 1.48. The number of carbonyl (C=O) groups is 2. The minimum absolute atomic E-state index is 0.131. The molecular weight excluding hydrogens is 325 g/mol. The number of amides is 2. The summed E-state index contributed by atoms with van der Waals surface area (Å²) in [6.45, 7) is 2.71. The van der Waals surface area contributed by atoms with E-state index < -0.39 is 0 Å². The van der Waals surface area contributed by atoms with Crippen molar-refractivity contribution in [2.45, 2.75) is 6.54 Å². The molecule has 1 N–H and O–H groups in total. The summed E-state index contributed by atoms with van der Waals surface area (Å²) in [5, 5.41) is 2.73. The second kappa shape index (κ2) is 7.94. The molecule has 0 spiro atoms. The van der Waals surface area contributed by atoms with E-state index >= 15 is 0 Å². The molecule has 0 bridgehead atoms. The third-order valence-electron chi connectivity index (χ3n) is 4.19. The molecule has 1 saturated heterocycles. The number of nitrogens with zero attached hydrogens (tertiary/aromatic N) is 2. The first kappa shape index (κ1) is 17.2. The van der Waals surface area contributed by atoms with Crippen molar-refractivity contribution >= 4 is 11.8 Å². The number of hydrogen-bond donors (Lipinski definition) is 1. The van der Waals surface area contributed by atoms with E-state index in [1.165, 1.54) is 12.3 Å². The Morgan fingerprint density at radius 3 is 2.52 bits per heavy atom. The van der Waals surface area contributed by atoms with Crippen LogP contribution in [0.3, 0.4) is 0 Å². The molecule has 1 aliphatic rings. The molecule has 3 rings (SSSR count). The lowest BCUT2D eigenvalue weighted by Gasteiger charge is -2.33. The molecule has 0 aliphatic carbocycles. The fraction of sp³-hybridized carbons (Fsp3) is 0.333. The topological polar surface area (TPSA) is 65.8 Å². The summed E-state index contributed by atoms with van der Waals surface area (Å²) in [5.41, 5.74) is 0.463. The Kier molecular flexibility index (Phi) is 5.45. The van der Waals surface area contributed by atoms with E-state index in [0.29, 0.717) is 37.5 Å². The Morgan fingerprint density at radius 1 is 1.08 bits per heavy atom. The van der Waals surface area contributed by atoms with Crippen LogP contribution in [-0.2, 0) is 11.3 Å². The van der Waals surface area contributed by atoms with Crippen molar-refractivity contribution in [2.24, 2.45) is 0 Å². The molecular formula is C18H20FN3O3. The molecule has 1 aromatic heterocycles. The predicted molar refractivity (Wildman–Crippen MR) is 89.3 cm³/mol. The highest BCUT2D eigenvalue weighted by Gasteiger charge is 2.24. The second-order valence-electron chi connectivity index (χ2n) is 5.91. The van der Waals surface area contributed by atoms with Crippen molar-refractivity contribution < 1.29 is 18.4 Å². The van der Waals surface area contributed by atoms with Gasteiger partial charge in [0.25, 0.3) is 5.91 Å². The highest BCUT2D eigenvalue weighted by atomic mass is 19.1. The molecule has 2 heterocycles. The molecule has 0 atom stereocenters. The molecule has 1 aliphatic heterocycles. The maximum atomic E-state index is 13.5. The van der Waals surface area contributed by atoms with Crippen molar-refractivity contribution in [1.82, 2.24) is 15.1 Å². The standard InChI is InChI=1S/C18H20FN3O3/c19-15-5-2-1-4-14(15)12-20-17(23)13-21-7-9-22(10-8-21)18(24)16-6-3-11-25-16/h1-6,11H,7-10,12-13H2,(H,20,23). The van der Waals surface area contributed by atoms with Gasteiger partial charge in [0, 0.05) is 38.3 Å². The SMILES string of the molecule is O=C(CN1CCN(C(=O)c2ccco2)CC1)NCc1ccccc1F. The van der Waals surface area contributed by atoms with E-state index in [1.54, 1.807) is 35.2 Å². The molecule has 1 fully saturated rings. The Balaban J connectivity index is 1.42. The van der Waals surface area contributed by atoms with Gasteiger partial charge in [-0.2, -0.15) is 0 Å². The van der Waals surface area contributed by atoms with E-state index in [-0.39, 0.29) is 30.7 Å². The molecule has 6 nitrogen and oxygen atoms in total. The summed E-state index contributed by atoms with van der Waals surface area (Å²) >= 11 is 0. The first-order valence-electron chi connectivity index (χ1n) is 8.19. The van der Waals surface area contributed by atoms with Crippen molar-refractivity contribution in [3.63, 3.8) is 0 Å². The van der Waals surface area contributed by atoms with Crippen LogP contribution in [0.1, 0.15) is 16.1 Å². The minimum atomic E-state index is -0.326. The van der Waals surface area contributed by atoms with Crippen LogP contribution < -0.4 is 5.32 Å². The molecule has 2 aromatic rings. The molecule has 25 heavy (non-hydrogen) atoms. The van der Waals surface area contributed by atoms with Crippen molar-refractivity contribution in [3.05, 3.63) is 59.8 Å². The van der Waals surface area contributed by atoms with Crippen LogP contribution in [-0.4, -0.2) is 54.3 Å². The number of hydrogen-bond acceptors (Lipinski definition) is 4. The number of piperazine rings is 1. The zero-order chi connectivity index (χ0) is 17.6. The van der Waals surface area contributed by atoms with Crippen LogP contribution in [0.2, 0.25) is 0 Å². The number of benzene rings is 1. The van der Waals surface area contributed by atoms with Crippen LogP contribution in [0.5, 0.6) is 0 Å². The van der Waals surface area contributed by atoms with E-state index in [2.05, 4.69) is 5.32 Å². The fourth-order valence-corrected chi connectivity index (χ4v) is 2.76. The third-order valence-corrected chi connectivity index (χ3v) is 4.19. The van der Waals surface area contributed by atoms with Gasteiger partial charge in [-0.1, -0.05) is 18.2 Å². The molecule has 7 heteroatoms. The molecule has 0 unspecified atom stereocenters. The summed E-state index contributed by atoms with van der Waals surface area (Å²) in [6, 6.07) is 9.70. The average Bonchev–Trinajstić information content (AvgIpc) is 3.16. The molecule has 1 aromatic carbocycles. The molecule has 132 valence electrons. The van der Waals surface area contributed by atoms with Gasteiger partial charge in [-0.25, -0.2) is 4.39 Å². The second-order valence-corrected chi connectivity index (χ2v) is 5.91. The Morgan fingerprint density at radius 2 is 1.84 bits per heavy atom. The number of furan rings is 1. The zero-order valence-electron chi connectivity index (χ0n) is 13.8. The fourth-order valence-electron chi connectivity index (χ4n) is 2.76. The van der Waals surface area contributed by atoms with Gasteiger partial charge in [-0.05, 0) is 18.2 Å². The summed E-state index contributed by atoms with van der Waals surface area (Å²) in [5.74, 6) is -0.286. The number of rotatable bonds is 5. The highest BCUT2D eigenvalue weighted by molar-refractivity contribution is 5.91. The van der Waals surface area contributed by atoms with Gasteiger partial charge in [-0.3, -0.25) is 14.5 Å². The highest BCUT2D eigenvalue weighted by Crippen LogP contribution is 2.09. The summed E-state index contributed by atoms with van der Waals surface area (Å²) in [4.78, 5) is 27.9. The summed E-state index contributed by atoms with van der Waals surface area (Å²) in [7, 11) is 0. The van der Waals surface area contributed by atoms with Crippen molar-refractivity contribution in [1.29, 1.82) is 0 Å². The molecule has 0 saturated carbocycles. The van der Waals surface area contributed by atoms with E-state index in [0.717, 1.165) is 0 Å². The van der Waals surface area contributed by atoms with Crippen LogP contribution >= 0.6 is 0 Å². The number of carbonyl (C=O) groups excluding carboxylic acids is 2. The lowest BCUT2D eigenvalue weighted by molar-refractivity contribution is -0.122. The lowest BCUT2D eigenvalue weighted by atomic mass is 10.2. The average molecular weight is 345 g/mol. The van der Waals surface area contributed by atoms with Crippen molar-refractivity contribution in [2.75, 3.05) is 32.7 Å². The zero-order valence-corrected chi connectivity index (χ0v) is 13.8. The minimum Gasteiger partial charge on any atom is -0.459 e. The van der Waals surface area contributed by atoms with Gasteiger partial charge in [0.2, 0.25) is 5.91 Å². The van der Waals surface area contributed by atoms with Crippen molar-refractivity contribution in [3.8, 4) is 0 Å². The normalized spacial score (nSPS) is 15.2. The Labute approximate surface area is 145 Å². The Bertz CT molecular complexity index is 725. The third kappa shape index (κ3) is 4.45. The van der Waals surface area contributed by atoms with Gasteiger partial charge in [0.1, 0.15) is 5.82 Å². The first-order valence-corrected chi connectivity index (χ1v) is 8.19. The Hall–Kier alpha value is -2.67. The summed E-state index contributed by atoms with van der Waals surface area (Å²) < 4.78 is 18.7. The first-order chi connectivity index (χ1) is 12.1. The quantitative estimate of drug-likeness (QED) is 0.892. The van der Waals surface area contributed by atoms with Crippen LogP contribution in [0, 0.1) is 5.82 Å². The van der Waals surface area contributed by atoms with Gasteiger partial charge >= 0.3 is 0 Å². The van der Waals surface area contributed by atoms with Crippen LogP contribution in [0.25, 0.3) is 0 Å². The smallest absolute Gasteiger partial charge is 0.289 e. The maximum absolute atomic E-state index is 13.5. The van der Waals surface area contributed by atoms with Gasteiger partial charge in [-0.15, -0.1) is 0 Å². The largest absolute Gasteiger partial charge is 0.459 e. The van der Waals surface area contributed by atoms with Gasteiger partial charge in [0.05, 0.1) is 12.8 Å². The molecule has 0 radical (unpaired) electrons. The van der Waals surface area contributed by atoms with E-state index in [4.69, 9.17) is 4.42 Å². The van der Waals surface area contributed by atoms with Crippen LogP contribution in [0.4, 0.5) is 4.39 Å². The van der Waals surface area contributed by atoms with Gasteiger partial charge < -0.3 is 14.6 Å². The predicted octanol–water partition coefficient (Wildman–Crippen LogP) is 1.49. The monoisotopic (exact) mass is 345 g/mol. The van der Waals surface area contributed by atoms with E-state index in [9.17, 15) is 14.0 Å². The lowest BCUT2D eigenvalue weighted by Crippen LogP contribution is -2.51. The number of nitrogens with one attached hydrogen (secondary N) is 1. The van der Waals surface area contributed by atoms with Gasteiger partial charge in [0.15, 0.2) is 5.76 Å². The molecule has 2 amide bonds.